The van der Waals surface area contributed by atoms with Crippen molar-refractivity contribution in [1.29, 1.82) is 0 Å². The molecular formula is C24H27FN4O2. The summed E-state index contributed by atoms with van der Waals surface area (Å²) in [5.74, 6) is -0.802. The van der Waals surface area contributed by atoms with Gasteiger partial charge in [-0.2, -0.15) is 5.10 Å². The second-order valence-electron chi connectivity index (χ2n) is 8.16. The smallest absolute Gasteiger partial charge is 0.278 e. The number of amides is 1. The number of carbonyl (C=O) groups excluding carboxylic acids is 1. The summed E-state index contributed by atoms with van der Waals surface area (Å²) in [5.41, 5.74) is 2.56. The third-order valence-electron chi connectivity index (χ3n) is 5.74. The Hall–Kier alpha value is -3.19. The molecule has 6 nitrogen and oxygen atoms in total. The second kappa shape index (κ2) is 8.89. The largest absolute Gasteiger partial charge is 0.504 e. The molecule has 1 aliphatic rings. The molecule has 1 N–H and O–H groups in total. The molecule has 4 rings (SSSR count). The predicted octanol–water partition coefficient (Wildman–Crippen LogP) is 3.76. The molecule has 1 amide bonds. The first-order valence-corrected chi connectivity index (χ1v) is 10.5. The lowest BCUT2D eigenvalue weighted by Gasteiger charge is -2.28. The highest BCUT2D eigenvalue weighted by Gasteiger charge is 2.29. The number of hydrogen-bond acceptors (Lipinski definition) is 4. The van der Waals surface area contributed by atoms with Crippen molar-refractivity contribution in [2.24, 2.45) is 0 Å². The van der Waals surface area contributed by atoms with Crippen LogP contribution in [0, 0.1) is 12.7 Å². The normalized spacial score (nSPS) is 17.5. The molecule has 2 heterocycles. The molecule has 0 bridgehead atoms. The van der Waals surface area contributed by atoms with E-state index in [0.717, 1.165) is 26.1 Å². The van der Waals surface area contributed by atoms with Gasteiger partial charge in [0.1, 0.15) is 5.82 Å². The van der Waals surface area contributed by atoms with Gasteiger partial charge in [-0.15, -0.1) is 0 Å². The third kappa shape index (κ3) is 4.61. The van der Waals surface area contributed by atoms with E-state index in [1.807, 2.05) is 25.1 Å². The molecule has 1 fully saturated rings. The average molecular weight is 423 g/mol. The van der Waals surface area contributed by atoms with Crippen LogP contribution in [0.5, 0.6) is 5.75 Å². The molecule has 1 aliphatic heterocycles. The van der Waals surface area contributed by atoms with Crippen LogP contribution in [0.4, 0.5) is 4.39 Å². The summed E-state index contributed by atoms with van der Waals surface area (Å²) in [4.78, 5) is 17.4. The number of benzene rings is 2. The van der Waals surface area contributed by atoms with E-state index in [9.17, 15) is 14.3 Å². The molecule has 1 atom stereocenters. The third-order valence-corrected chi connectivity index (χ3v) is 5.74. The Morgan fingerprint density at radius 2 is 1.97 bits per heavy atom. The number of carbonyl (C=O) groups is 1. The molecule has 0 unspecified atom stereocenters. The molecular weight excluding hydrogens is 395 g/mol. The summed E-state index contributed by atoms with van der Waals surface area (Å²) < 4.78 is 14.9. The number of hydrogen-bond donors (Lipinski definition) is 1. The maximum Gasteiger partial charge on any atom is 0.278 e. The van der Waals surface area contributed by atoms with Gasteiger partial charge in [-0.25, -0.2) is 9.07 Å². The number of aryl methyl sites for hydroxylation is 1. The van der Waals surface area contributed by atoms with Crippen LogP contribution in [0.25, 0.3) is 5.69 Å². The molecule has 0 radical (unpaired) electrons. The zero-order valence-electron chi connectivity index (χ0n) is 17.8. The zero-order chi connectivity index (χ0) is 22.0. The van der Waals surface area contributed by atoms with Gasteiger partial charge in [0.15, 0.2) is 11.4 Å². The fraction of sp³-hybridized carbons (Fsp3) is 0.333. The Labute approximate surface area is 181 Å². The molecule has 31 heavy (non-hydrogen) atoms. The summed E-state index contributed by atoms with van der Waals surface area (Å²) in [7, 11) is 0. The minimum Gasteiger partial charge on any atom is -0.504 e. The molecule has 162 valence electrons. The van der Waals surface area contributed by atoms with Crippen LogP contribution in [0.1, 0.15) is 35.0 Å². The topological polar surface area (TPSA) is 61.6 Å². The van der Waals surface area contributed by atoms with Gasteiger partial charge >= 0.3 is 0 Å². The van der Waals surface area contributed by atoms with Crippen LogP contribution in [0.2, 0.25) is 0 Å². The van der Waals surface area contributed by atoms with E-state index in [2.05, 4.69) is 22.1 Å². The first-order valence-electron chi connectivity index (χ1n) is 10.5. The fourth-order valence-corrected chi connectivity index (χ4v) is 4.19. The minimum atomic E-state index is -0.340. The van der Waals surface area contributed by atoms with Crippen molar-refractivity contribution in [2.45, 2.75) is 32.9 Å². The number of rotatable bonds is 4. The van der Waals surface area contributed by atoms with Gasteiger partial charge in [0, 0.05) is 32.2 Å². The van der Waals surface area contributed by atoms with E-state index in [-0.39, 0.29) is 29.2 Å². The Morgan fingerprint density at radius 3 is 2.71 bits per heavy atom. The molecule has 3 aromatic rings. The van der Waals surface area contributed by atoms with Gasteiger partial charge in [-0.05, 0) is 49.6 Å². The Balaban J connectivity index is 1.51. The van der Waals surface area contributed by atoms with Gasteiger partial charge in [-0.1, -0.05) is 30.3 Å². The van der Waals surface area contributed by atoms with Gasteiger partial charge in [0.05, 0.1) is 11.9 Å². The van der Waals surface area contributed by atoms with E-state index in [4.69, 9.17) is 0 Å². The van der Waals surface area contributed by atoms with Crippen LogP contribution in [-0.4, -0.2) is 56.3 Å². The van der Waals surface area contributed by atoms with E-state index in [1.165, 1.54) is 28.6 Å². The summed E-state index contributed by atoms with van der Waals surface area (Å²) in [6, 6.07) is 14.6. The molecule has 2 aromatic carbocycles. The number of aromatic nitrogens is 2. The lowest BCUT2D eigenvalue weighted by molar-refractivity contribution is 0.0682. The lowest BCUT2D eigenvalue weighted by Crippen LogP contribution is -2.42. The summed E-state index contributed by atoms with van der Waals surface area (Å²) >= 11 is 0. The van der Waals surface area contributed by atoms with Crippen molar-refractivity contribution in [2.75, 3.05) is 19.6 Å². The summed E-state index contributed by atoms with van der Waals surface area (Å²) in [5, 5.41) is 14.8. The van der Waals surface area contributed by atoms with Crippen LogP contribution in [0.15, 0.2) is 54.7 Å². The van der Waals surface area contributed by atoms with Crippen LogP contribution >= 0.6 is 0 Å². The Morgan fingerprint density at radius 1 is 1.19 bits per heavy atom. The maximum atomic E-state index is 13.4. The van der Waals surface area contributed by atoms with Crippen molar-refractivity contribution in [3.8, 4) is 11.4 Å². The van der Waals surface area contributed by atoms with Crippen molar-refractivity contribution >= 4 is 5.91 Å². The number of halogens is 1. The number of nitrogens with zero attached hydrogens (tertiary/aromatic N) is 4. The SMILES string of the molecule is Cc1cc(F)ccc1-n1cc(O)c(C(=O)N2CCCN(Cc3ccccc3)C[C@H]2C)n1. The maximum absolute atomic E-state index is 13.4. The fourth-order valence-electron chi connectivity index (χ4n) is 4.19. The summed E-state index contributed by atoms with van der Waals surface area (Å²) in [6.07, 6.45) is 2.25. The highest BCUT2D eigenvalue weighted by Crippen LogP contribution is 2.24. The molecule has 0 aliphatic carbocycles. The Kier molecular flexibility index (Phi) is 6.04. The highest BCUT2D eigenvalue weighted by molar-refractivity contribution is 5.95. The number of aromatic hydroxyl groups is 1. The summed E-state index contributed by atoms with van der Waals surface area (Å²) in [6.45, 7) is 6.89. The van der Waals surface area contributed by atoms with Crippen molar-refractivity contribution in [3.63, 3.8) is 0 Å². The molecule has 0 saturated carbocycles. The van der Waals surface area contributed by atoms with E-state index in [1.54, 1.807) is 17.9 Å². The molecule has 1 saturated heterocycles. The van der Waals surface area contributed by atoms with Crippen LogP contribution in [0.3, 0.4) is 0 Å². The predicted molar refractivity (Wildman–Crippen MR) is 117 cm³/mol. The van der Waals surface area contributed by atoms with Gasteiger partial charge < -0.3 is 10.0 Å². The quantitative estimate of drug-likeness (QED) is 0.696. The molecule has 7 heteroatoms. The van der Waals surface area contributed by atoms with Crippen LogP contribution in [-0.2, 0) is 6.54 Å². The van der Waals surface area contributed by atoms with Gasteiger partial charge in [0.2, 0.25) is 0 Å². The van der Waals surface area contributed by atoms with E-state index < -0.39 is 0 Å². The van der Waals surface area contributed by atoms with Crippen LogP contribution < -0.4 is 0 Å². The second-order valence-corrected chi connectivity index (χ2v) is 8.16. The standard InChI is InChI=1S/C24H27FN4O2/c1-17-13-20(25)9-10-21(17)29-16-22(30)23(26-29)24(31)28-12-6-11-27(14-18(28)2)15-19-7-4-3-5-8-19/h3-5,7-10,13,16,18,30H,6,11-12,14-15H2,1-2H3/t18-/m1/s1. The van der Waals surface area contributed by atoms with E-state index in [0.29, 0.717) is 17.8 Å². The van der Waals surface area contributed by atoms with Gasteiger partial charge in [0.25, 0.3) is 5.91 Å². The van der Waals surface area contributed by atoms with Crippen molar-refractivity contribution in [1.82, 2.24) is 19.6 Å². The zero-order valence-corrected chi connectivity index (χ0v) is 17.8. The first-order chi connectivity index (χ1) is 14.9. The average Bonchev–Trinajstić information content (AvgIpc) is 3.02. The van der Waals surface area contributed by atoms with Crippen molar-refractivity contribution in [3.05, 3.63) is 77.4 Å². The first kappa shape index (κ1) is 21.1. The van der Waals surface area contributed by atoms with Gasteiger partial charge in [-0.3, -0.25) is 9.69 Å². The van der Waals surface area contributed by atoms with E-state index >= 15 is 0 Å². The molecule has 0 spiro atoms. The Bertz CT molecular complexity index is 1070. The van der Waals surface area contributed by atoms with Crippen molar-refractivity contribution < 1.29 is 14.3 Å². The highest BCUT2D eigenvalue weighted by atomic mass is 19.1. The molecule has 1 aromatic heterocycles. The minimum absolute atomic E-state index is 0.0178. The lowest BCUT2D eigenvalue weighted by atomic mass is 10.2. The monoisotopic (exact) mass is 422 g/mol.